The molecule has 0 amide bonds. The van der Waals surface area contributed by atoms with Gasteiger partial charge in [0.05, 0.1) is 5.69 Å². The van der Waals surface area contributed by atoms with E-state index in [-0.39, 0.29) is 0 Å². The van der Waals surface area contributed by atoms with Gasteiger partial charge in [-0.2, -0.15) is 0 Å². The van der Waals surface area contributed by atoms with Crippen LogP contribution in [0.2, 0.25) is 0 Å². The summed E-state index contributed by atoms with van der Waals surface area (Å²) < 4.78 is 0. The molecule has 3 nitrogen and oxygen atoms in total. The molecule has 0 unspecified atom stereocenters. The Morgan fingerprint density at radius 2 is 1.85 bits per heavy atom. The third-order valence-corrected chi connectivity index (χ3v) is 3.60. The Balaban J connectivity index is 2.44. The molecule has 1 aromatic carbocycles. The number of rotatable bonds is 4. The first-order valence-corrected chi connectivity index (χ1v) is 7.14. The topological polar surface area (TPSA) is 37.8 Å². The van der Waals surface area contributed by atoms with Crippen LogP contribution in [0.4, 0.5) is 5.82 Å². The van der Waals surface area contributed by atoms with Crippen molar-refractivity contribution in [2.75, 3.05) is 12.4 Å². The van der Waals surface area contributed by atoms with Crippen LogP contribution in [-0.2, 0) is 6.42 Å². The van der Waals surface area contributed by atoms with Gasteiger partial charge in [-0.25, -0.2) is 0 Å². The number of anilines is 1. The third kappa shape index (κ3) is 2.98. The average molecular weight is 269 g/mol. The van der Waals surface area contributed by atoms with Gasteiger partial charge in [0.25, 0.3) is 0 Å². The standard InChI is InChI=1S/C17H23N3/c1-11(2)9-14-7-6-8-15(10-14)16-12(3)13(4)17(18-5)20-19-16/h6-8,10-11H,9H2,1-5H3,(H,18,20). The summed E-state index contributed by atoms with van der Waals surface area (Å²) in [5, 5.41) is 11.7. The van der Waals surface area contributed by atoms with Crippen molar-refractivity contribution in [2.24, 2.45) is 5.92 Å². The molecule has 3 heteroatoms. The van der Waals surface area contributed by atoms with Gasteiger partial charge < -0.3 is 5.32 Å². The third-order valence-electron chi connectivity index (χ3n) is 3.60. The maximum atomic E-state index is 4.39. The van der Waals surface area contributed by atoms with Crippen LogP contribution in [0.25, 0.3) is 11.3 Å². The van der Waals surface area contributed by atoms with Gasteiger partial charge in [0.15, 0.2) is 5.82 Å². The highest BCUT2D eigenvalue weighted by Crippen LogP contribution is 2.26. The lowest BCUT2D eigenvalue weighted by Gasteiger charge is -2.12. The average Bonchev–Trinajstić information content (AvgIpc) is 2.41. The molecule has 0 aliphatic rings. The zero-order chi connectivity index (χ0) is 14.7. The zero-order valence-corrected chi connectivity index (χ0v) is 13.0. The first-order valence-electron chi connectivity index (χ1n) is 7.14. The van der Waals surface area contributed by atoms with Crippen molar-refractivity contribution in [1.82, 2.24) is 10.2 Å². The Morgan fingerprint density at radius 1 is 1.10 bits per heavy atom. The van der Waals surface area contributed by atoms with Crippen molar-refractivity contribution < 1.29 is 0 Å². The minimum Gasteiger partial charge on any atom is -0.371 e. The van der Waals surface area contributed by atoms with Crippen LogP contribution in [0.3, 0.4) is 0 Å². The largest absolute Gasteiger partial charge is 0.371 e. The summed E-state index contributed by atoms with van der Waals surface area (Å²) in [6.07, 6.45) is 1.09. The molecule has 0 saturated heterocycles. The fourth-order valence-electron chi connectivity index (χ4n) is 2.43. The van der Waals surface area contributed by atoms with Crippen LogP contribution in [0.5, 0.6) is 0 Å². The van der Waals surface area contributed by atoms with Crippen molar-refractivity contribution in [3.05, 3.63) is 41.0 Å². The second kappa shape index (κ2) is 6.04. The molecule has 0 radical (unpaired) electrons. The van der Waals surface area contributed by atoms with E-state index in [4.69, 9.17) is 0 Å². The Morgan fingerprint density at radius 3 is 2.50 bits per heavy atom. The number of hydrogen-bond acceptors (Lipinski definition) is 3. The lowest BCUT2D eigenvalue weighted by molar-refractivity contribution is 0.647. The molecule has 1 heterocycles. The zero-order valence-electron chi connectivity index (χ0n) is 13.0. The van der Waals surface area contributed by atoms with Crippen molar-refractivity contribution in [3.63, 3.8) is 0 Å². The van der Waals surface area contributed by atoms with Gasteiger partial charge in [-0.3, -0.25) is 0 Å². The summed E-state index contributed by atoms with van der Waals surface area (Å²) >= 11 is 0. The number of nitrogens with one attached hydrogen (secondary N) is 1. The van der Waals surface area contributed by atoms with E-state index in [1.54, 1.807) is 0 Å². The number of aromatic nitrogens is 2. The molecular formula is C17H23N3. The maximum absolute atomic E-state index is 4.39. The first kappa shape index (κ1) is 14.5. The molecule has 106 valence electrons. The number of hydrogen-bond donors (Lipinski definition) is 1. The highest BCUT2D eigenvalue weighted by atomic mass is 15.2. The fraction of sp³-hybridized carbons (Fsp3) is 0.412. The molecule has 2 rings (SSSR count). The molecule has 0 spiro atoms. The molecule has 0 fully saturated rings. The minimum absolute atomic E-state index is 0.658. The van der Waals surface area contributed by atoms with E-state index in [1.807, 2.05) is 7.05 Å². The van der Waals surface area contributed by atoms with E-state index in [2.05, 4.69) is 67.5 Å². The van der Waals surface area contributed by atoms with Gasteiger partial charge in [-0.15, -0.1) is 10.2 Å². The van der Waals surface area contributed by atoms with Gasteiger partial charge in [0, 0.05) is 12.6 Å². The summed E-state index contributed by atoms with van der Waals surface area (Å²) in [6, 6.07) is 8.63. The molecule has 0 aliphatic heterocycles. The van der Waals surface area contributed by atoms with Crippen molar-refractivity contribution in [2.45, 2.75) is 34.1 Å². The van der Waals surface area contributed by atoms with Gasteiger partial charge >= 0.3 is 0 Å². The summed E-state index contributed by atoms with van der Waals surface area (Å²) in [5.41, 5.74) is 5.83. The Hall–Kier alpha value is -1.90. The van der Waals surface area contributed by atoms with Gasteiger partial charge in [-0.1, -0.05) is 32.0 Å². The predicted octanol–water partition coefficient (Wildman–Crippen LogP) is 4.00. The highest BCUT2D eigenvalue weighted by Gasteiger charge is 2.11. The molecule has 2 aromatic rings. The normalized spacial score (nSPS) is 10.9. The predicted molar refractivity (Wildman–Crippen MR) is 85.0 cm³/mol. The van der Waals surface area contributed by atoms with Crippen molar-refractivity contribution in [1.29, 1.82) is 0 Å². The molecule has 20 heavy (non-hydrogen) atoms. The van der Waals surface area contributed by atoms with E-state index in [0.29, 0.717) is 5.92 Å². The first-order chi connectivity index (χ1) is 9.52. The Labute approximate surface area is 121 Å². The summed E-state index contributed by atoms with van der Waals surface area (Å²) in [5.74, 6) is 1.51. The minimum atomic E-state index is 0.658. The second-order valence-electron chi connectivity index (χ2n) is 5.70. The maximum Gasteiger partial charge on any atom is 0.151 e. The summed E-state index contributed by atoms with van der Waals surface area (Å²) in [7, 11) is 1.87. The van der Waals surface area contributed by atoms with E-state index in [0.717, 1.165) is 29.1 Å². The van der Waals surface area contributed by atoms with Crippen LogP contribution in [0.15, 0.2) is 24.3 Å². The molecule has 0 atom stereocenters. The van der Waals surface area contributed by atoms with Gasteiger partial charge in [0.1, 0.15) is 0 Å². The van der Waals surface area contributed by atoms with Gasteiger partial charge in [0.2, 0.25) is 0 Å². The van der Waals surface area contributed by atoms with Crippen LogP contribution in [-0.4, -0.2) is 17.2 Å². The van der Waals surface area contributed by atoms with Crippen molar-refractivity contribution in [3.8, 4) is 11.3 Å². The highest BCUT2D eigenvalue weighted by molar-refractivity contribution is 5.67. The van der Waals surface area contributed by atoms with Crippen LogP contribution >= 0.6 is 0 Å². The van der Waals surface area contributed by atoms with E-state index in [1.165, 1.54) is 11.1 Å². The SMILES string of the molecule is CNc1nnc(-c2cccc(CC(C)C)c2)c(C)c1C. The van der Waals surface area contributed by atoms with E-state index >= 15 is 0 Å². The molecule has 1 N–H and O–H groups in total. The molecule has 1 aromatic heterocycles. The smallest absolute Gasteiger partial charge is 0.151 e. The number of benzene rings is 1. The summed E-state index contributed by atoms with van der Waals surface area (Å²) in [4.78, 5) is 0. The molecule has 0 aliphatic carbocycles. The monoisotopic (exact) mass is 269 g/mol. The van der Waals surface area contributed by atoms with Crippen LogP contribution in [0.1, 0.15) is 30.5 Å². The lowest BCUT2D eigenvalue weighted by atomic mass is 9.98. The van der Waals surface area contributed by atoms with Crippen LogP contribution in [0, 0.1) is 19.8 Å². The van der Waals surface area contributed by atoms with Crippen LogP contribution < -0.4 is 5.32 Å². The lowest BCUT2D eigenvalue weighted by Crippen LogP contribution is -2.03. The van der Waals surface area contributed by atoms with E-state index in [9.17, 15) is 0 Å². The van der Waals surface area contributed by atoms with Crippen molar-refractivity contribution >= 4 is 5.82 Å². The fourth-order valence-corrected chi connectivity index (χ4v) is 2.43. The Kier molecular flexibility index (Phi) is 4.38. The van der Waals surface area contributed by atoms with Gasteiger partial charge in [-0.05, 0) is 48.9 Å². The summed E-state index contributed by atoms with van der Waals surface area (Å²) in [6.45, 7) is 8.67. The molecule has 0 saturated carbocycles. The second-order valence-corrected chi connectivity index (χ2v) is 5.70. The van der Waals surface area contributed by atoms with E-state index < -0.39 is 0 Å². The molecular weight excluding hydrogens is 246 g/mol. The quantitative estimate of drug-likeness (QED) is 0.911. The number of nitrogens with zero attached hydrogens (tertiary/aromatic N) is 2. The Bertz CT molecular complexity index is 603. The molecule has 0 bridgehead atoms.